The summed E-state index contributed by atoms with van der Waals surface area (Å²) in [5.41, 5.74) is 1.46. The molecule has 1 aromatic heterocycles. The summed E-state index contributed by atoms with van der Waals surface area (Å²) in [5.74, 6) is 1.90. The third kappa shape index (κ3) is 5.86. The first-order chi connectivity index (χ1) is 16.8. The van der Waals surface area contributed by atoms with Gasteiger partial charge in [0.05, 0.1) is 29.3 Å². The van der Waals surface area contributed by atoms with E-state index in [1.165, 1.54) is 19.2 Å². The Kier molecular flexibility index (Phi) is 7.45. The molecule has 1 fully saturated rings. The highest BCUT2D eigenvalue weighted by Gasteiger charge is 2.23. The fourth-order valence-corrected chi connectivity index (χ4v) is 4.55. The number of nitrogens with one attached hydrogen (secondary N) is 3. The van der Waals surface area contributed by atoms with Gasteiger partial charge in [-0.1, -0.05) is 12.1 Å². The minimum absolute atomic E-state index is 0.0369. The van der Waals surface area contributed by atoms with Crippen LogP contribution in [0.3, 0.4) is 0 Å². The number of fused-ring (bicyclic) bond motifs is 1. The van der Waals surface area contributed by atoms with Crippen molar-refractivity contribution in [1.29, 1.82) is 0 Å². The maximum atomic E-state index is 11.0. The smallest absolute Gasteiger partial charge is 0.273 e. The summed E-state index contributed by atoms with van der Waals surface area (Å²) in [5, 5.41) is 22.4. The van der Waals surface area contributed by atoms with Gasteiger partial charge in [0.25, 0.3) is 5.69 Å². The van der Waals surface area contributed by atoms with Gasteiger partial charge in [0.15, 0.2) is 5.11 Å². The number of non-ortho nitro benzene ring substituents is 1. The van der Waals surface area contributed by atoms with Crippen LogP contribution in [0.5, 0.6) is 5.75 Å². The van der Waals surface area contributed by atoms with E-state index in [1.807, 2.05) is 43.3 Å². The van der Waals surface area contributed by atoms with Gasteiger partial charge in [-0.15, -0.1) is 0 Å². The van der Waals surface area contributed by atoms with Crippen LogP contribution in [0, 0.1) is 10.1 Å². The molecule has 0 saturated heterocycles. The second-order valence-electron chi connectivity index (χ2n) is 8.72. The second-order valence-corrected chi connectivity index (χ2v) is 9.12. The van der Waals surface area contributed by atoms with E-state index in [0.717, 1.165) is 42.4 Å². The second kappa shape index (κ2) is 10.7. The van der Waals surface area contributed by atoms with Crippen LogP contribution in [-0.2, 0) is 0 Å². The van der Waals surface area contributed by atoms with Gasteiger partial charge in [-0.2, -0.15) is 4.98 Å². The molecule has 0 spiro atoms. The maximum absolute atomic E-state index is 11.0. The average molecular weight is 496 g/mol. The molecule has 0 atom stereocenters. The molecule has 2 aromatic carbocycles. The molecular weight excluding hydrogens is 466 g/mol. The lowest BCUT2D eigenvalue weighted by Crippen LogP contribution is -2.42. The summed E-state index contributed by atoms with van der Waals surface area (Å²) < 4.78 is 5.27. The number of aromatic nitrogens is 2. The third-order valence-electron chi connectivity index (χ3n) is 6.05. The largest absolute Gasteiger partial charge is 0.494 e. The van der Waals surface area contributed by atoms with Crippen LogP contribution in [0.4, 0.5) is 23.1 Å². The highest BCUT2D eigenvalue weighted by Crippen LogP contribution is 2.29. The van der Waals surface area contributed by atoms with E-state index >= 15 is 0 Å². The van der Waals surface area contributed by atoms with Crippen LogP contribution in [0.15, 0.2) is 42.5 Å². The van der Waals surface area contributed by atoms with Crippen LogP contribution in [-0.4, -0.2) is 53.3 Å². The summed E-state index contributed by atoms with van der Waals surface area (Å²) in [4.78, 5) is 22.0. The third-order valence-corrected chi connectivity index (χ3v) is 6.27. The molecule has 0 bridgehead atoms. The molecule has 184 valence electrons. The van der Waals surface area contributed by atoms with E-state index in [9.17, 15) is 10.1 Å². The lowest BCUT2D eigenvalue weighted by molar-refractivity contribution is -0.384. The topological polar surface area (TPSA) is 117 Å². The molecule has 0 radical (unpaired) electrons. The molecule has 35 heavy (non-hydrogen) atoms. The number of para-hydroxylation sites is 1. The zero-order valence-electron chi connectivity index (χ0n) is 19.9. The van der Waals surface area contributed by atoms with Crippen molar-refractivity contribution in [3.05, 3.63) is 52.6 Å². The number of nitro benzene ring substituents is 1. The van der Waals surface area contributed by atoms with Crippen LogP contribution in [0.2, 0.25) is 0 Å². The zero-order chi connectivity index (χ0) is 24.9. The summed E-state index contributed by atoms with van der Waals surface area (Å²) in [6, 6.07) is 12.9. The number of hydrogen-bond acceptors (Lipinski definition) is 8. The van der Waals surface area contributed by atoms with Gasteiger partial charge in [0.2, 0.25) is 5.95 Å². The van der Waals surface area contributed by atoms with Gasteiger partial charge in [-0.3, -0.25) is 10.1 Å². The maximum Gasteiger partial charge on any atom is 0.273 e. The molecule has 0 aliphatic heterocycles. The number of rotatable bonds is 7. The van der Waals surface area contributed by atoms with E-state index < -0.39 is 4.92 Å². The fourth-order valence-electron chi connectivity index (χ4n) is 4.27. The minimum atomic E-state index is -0.459. The normalized spacial score (nSPS) is 17.5. The Bertz CT molecular complexity index is 1230. The van der Waals surface area contributed by atoms with E-state index in [4.69, 9.17) is 26.9 Å². The average Bonchev–Trinajstić information content (AvgIpc) is 2.84. The molecule has 1 aliphatic carbocycles. The Morgan fingerprint density at radius 2 is 1.83 bits per heavy atom. The van der Waals surface area contributed by atoms with E-state index in [-0.39, 0.29) is 17.8 Å². The summed E-state index contributed by atoms with van der Waals surface area (Å²) in [6.45, 7) is 0. The van der Waals surface area contributed by atoms with E-state index in [2.05, 4.69) is 16.0 Å². The number of thiocarbonyl (C=S) groups is 1. The number of nitrogens with zero attached hydrogens (tertiary/aromatic N) is 4. The molecule has 4 rings (SSSR count). The van der Waals surface area contributed by atoms with E-state index in [1.54, 1.807) is 6.07 Å². The van der Waals surface area contributed by atoms with Crippen molar-refractivity contribution in [3.63, 3.8) is 0 Å². The molecule has 1 aliphatic rings. The fraction of sp³-hybridized carbons (Fsp3) is 0.375. The standard InChI is InChI=1S/C24H29N7O3S/c1-30(2)22-18-6-4-5-7-19(18)27-23(29-22)25-15-8-10-16(11-9-15)26-24(35)28-20-13-12-17(31(32)33)14-21(20)34-3/h4-7,12-16H,8-11H2,1-3H3,(H,25,27,29)(H2,26,28,35)/t15-,16+. The van der Waals surface area contributed by atoms with Gasteiger partial charge in [0, 0.05) is 37.6 Å². The van der Waals surface area contributed by atoms with Crippen LogP contribution in [0.25, 0.3) is 10.9 Å². The number of hydrogen-bond donors (Lipinski definition) is 3. The van der Waals surface area contributed by atoms with Crippen LogP contribution >= 0.6 is 12.2 Å². The number of benzene rings is 2. The Hall–Kier alpha value is -3.73. The highest BCUT2D eigenvalue weighted by molar-refractivity contribution is 7.80. The number of ether oxygens (including phenoxy) is 1. The summed E-state index contributed by atoms with van der Waals surface area (Å²) in [7, 11) is 5.44. The Morgan fingerprint density at radius 3 is 2.51 bits per heavy atom. The monoisotopic (exact) mass is 495 g/mol. The number of methoxy groups -OCH3 is 1. The zero-order valence-corrected chi connectivity index (χ0v) is 20.8. The van der Waals surface area contributed by atoms with Crippen molar-refractivity contribution in [3.8, 4) is 5.75 Å². The molecule has 1 heterocycles. The quantitative estimate of drug-likeness (QED) is 0.248. The van der Waals surface area contributed by atoms with Crippen LogP contribution < -0.4 is 25.6 Å². The lowest BCUT2D eigenvalue weighted by atomic mass is 9.91. The minimum Gasteiger partial charge on any atom is -0.494 e. The Balaban J connectivity index is 1.32. The number of anilines is 3. The first kappa shape index (κ1) is 24.4. The van der Waals surface area contributed by atoms with Crippen molar-refractivity contribution in [2.45, 2.75) is 37.8 Å². The van der Waals surface area contributed by atoms with Crippen molar-refractivity contribution in [2.24, 2.45) is 0 Å². The van der Waals surface area contributed by atoms with Crippen LogP contribution in [0.1, 0.15) is 25.7 Å². The highest BCUT2D eigenvalue weighted by atomic mass is 32.1. The lowest BCUT2D eigenvalue weighted by Gasteiger charge is -2.30. The van der Waals surface area contributed by atoms with Crippen molar-refractivity contribution >= 4 is 51.4 Å². The summed E-state index contributed by atoms with van der Waals surface area (Å²) >= 11 is 5.47. The predicted octanol–water partition coefficient (Wildman–Crippen LogP) is 4.32. The predicted molar refractivity (Wildman–Crippen MR) is 143 cm³/mol. The molecule has 11 heteroatoms. The molecule has 1 saturated carbocycles. The first-order valence-electron chi connectivity index (χ1n) is 11.4. The van der Waals surface area contributed by atoms with Crippen molar-refractivity contribution < 1.29 is 9.66 Å². The Morgan fingerprint density at radius 1 is 1.11 bits per heavy atom. The van der Waals surface area contributed by atoms with Crippen molar-refractivity contribution in [2.75, 3.05) is 36.7 Å². The van der Waals surface area contributed by atoms with E-state index in [0.29, 0.717) is 22.5 Å². The van der Waals surface area contributed by atoms with Gasteiger partial charge in [0.1, 0.15) is 11.6 Å². The molecule has 10 nitrogen and oxygen atoms in total. The molecule has 3 N–H and O–H groups in total. The van der Waals surface area contributed by atoms with Gasteiger partial charge in [-0.05, 0) is 56.1 Å². The van der Waals surface area contributed by atoms with Gasteiger partial charge < -0.3 is 25.6 Å². The molecule has 0 unspecified atom stereocenters. The van der Waals surface area contributed by atoms with Gasteiger partial charge >= 0.3 is 0 Å². The molecular formula is C24H29N7O3S. The van der Waals surface area contributed by atoms with Crippen molar-refractivity contribution in [1.82, 2.24) is 15.3 Å². The Labute approximate surface area is 209 Å². The molecule has 0 amide bonds. The summed E-state index contributed by atoms with van der Waals surface area (Å²) in [6.07, 6.45) is 3.78. The SMILES string of the molecule is COc1cc([N+](=O)[O-])ccc1NC(=S)N[C@H]1CC[C@@H](Nc2nc(N(C)C)c3ccccc3n2)CC1. The molecule has 3 aromatic rings. The first-order valence-corrected chi connectivity index (χ1v) is 11.9. The number of nitro groups is 1. The van der Waals surface area contributed by atoms with Gasteiger partial charge in [-0.25, -0.2) is 4.98 Å².